The molecule has 3 nitrogen and oxygen atoms in total. The zero-order valence-electron chi connectivity index (χ0n) is 30.6. The normalized spacial score (nSPS) is 18.3. The SMILES string of the molecule is CC1(C)C2=C(c3ccc(-c4ccc5c(c4)c4ccccc4n5-c4ccc5cc(-c6nc7c8c(cccc8n6)-c6ccccc6-7)ccc5c4)cc31)C1CC1C=C2. The maximum atomic E-state index is 5.17. The highest BCUT2D eigenvalue weighted by molar-refractivity contribution is 6.13. The van der Waals surface area contributed by atoms with E-state index in [4.69, 9.17) is 9.97 Å². The highest BCUT2D eigenvalue weighted by Crippen LogP contribution is 2.61. The van der Waals surface area contributed by atoms with Crippen LogP contribution in [0.2, 0.25) is 0 Å². The number of benzene rings is 7. The average Bonchev–Trinajstić information content (AvgIpc) is 3.79. The van der Waals surface area contributed by atoms with E-state index in [0.29, 0.717) is 0 Å². The Morgan fingerprint density at radius 2 is 1.36 bits per heavy atom. The minimum Gasteiger partial charge on any atom is -0.309 e. The van der Waals surface area contributed by atoms with Gasteiger partial charge in [-0.25, -0.2) is 9.97 Å². The predicted molar refractivity (Wildman–Crippen MR) is 227 cm³/mol. The molecule has 0 bridgehead atoms. The summed E-state index contributed by atoms with van der Waals surface area (Å²) in [5.74, 6) is 2.23. The molecule has 2 heterocycles. The molecule has 0 aliphatic heterocycles. The Hall–Kier alpha value is -6.58. The van der Waals surface area contributed by atoms with Gasteiger partial charge in [0.15, 0.2) is 5.82 Å². The summed E-state index contributed by atoms with van der Waals surface area (Å²) < 4.78 is 2.42. The average molecular weight is 702 g/mol. The summed E-state index contributed by atoms with van der Waals surface area (Å²) in [4.78, 5) is 10.2. The van der Waals surface area contributed by atoms with Crippen LogP contribution in [0.4, 0.5) is 0 Å². The molecule has 3 heteroatoms. The molecule has 2 unspecified atom stereocenters. The molecule has 0 saturated heterocycles. The van der Waals surface area contributed by atoms with Crippen molar-refractivity contribution < 1.29 is 0 Å². The molecular weight excluding hydrogens is 667 g/mol. The number of hydrogen-bond acceptors (Lipinski definition) is 2. The van der Waals surface area contributed by atoms with E-state index in [2.05, 4.69) is 170 Å². The fourth-order valence-electron chi connectivity index (χ4n) is 10.4. The lowest BCUT2D eigenvalue weighted by Crippen LogP contribution is -2.16. The third kappa shape index (κ3) is 4.00. The van der Waals surface area contributed by atoms with Gasteiger partial charge in [-0.3, -0.25) is 0 Å². The molecule has 55 heavy (non-hydrogen) atoms. The number of fused-ring (bicyclic) bond motifs is 11. The van der Waals surface area contributed by atoms with Crippen LogP contribution < -0.4 is 0 Å². The highest BCUT2D eigenvalue weighted by atomic mass is 15.0. The monoisotopic (exact) mass is 701 g/mol. The van der Waals surface area contributed by atoms with Crippen molar-refractivity contribution >= 4 is 49.1 Å². The van der Waals surface area contributed by atoms with Gasteiger partial charge in [-0.15, -0.1) is 0 Å². The number of nitrogens with zero attached hydrogens (tertiary/aromatic N) is 3. The first-order valence-electron chi connectivity index (χ1n) is 19.6. The second-order valence-corrected chi connectivity index (χ2v) is 16.5. The molecule has 9 aromatic rings. The van der Waals surface area contributed by atoms with Gasteiger partial charge in [0, 0.05) is 38.4 Å². The highest BCUT2D eigenvalue weighted by Gasteiger charge is 2.49. The summed E-state index contributed by atoms with van der Waals surface area (Å²) >= 11 is 0. The Kier molecular flexibility index (Phi) is 5.61. The third-order valence-electron chi connectivity index (χ3n) is 13.2. The van der Waals surface area contributed by atoms with Crippen molar-refractivity contribution in [2.45, 2.75) is 25.7 Å². The van der Waals surface area contributed by atoms with E-state index in [1.165, 1.54) is 83.5 Å². The minimum absolute atomic E-state index is 0.0248. The fraction of sp³-hybridized carbons (Fsp3) is 0.115. The molecule has 13 rings (SSSR count). The number of para-hydroxylation sites is 1. The molecule has 7 aromatic carbocycles. The lowest BCUT2D eigenvalue weighted by Gasteiger charge is -2.24. The first kappa shape index (κ1) is 29.8. The van der Waals surface area contributed by atoms with Crippen molar-refractivity contribution in [1.29, 1.82) is 0 Å². The molecule has 1 saturated carbocycles. The van der Waals surface area contributed by atoms with Crippen LogP contribution in [0.5, 0.6) is 0 Å². The second-order valence-electron chi connectivity index (χ2n) is 16.5. The van der Waals surface area contributed by atoms with Gasteiger partial charge in [0.25, 0.3) is 0 Å². The third-order valence-corrected chi connectivity index (χ3v) is 13.2. The second kappa shape index (κ2) is 10.3. The molecule has 258 valence electrons. The number of rotatable bonds is 3. The van der Waals surface area contributed by atoms with Crippen molar-refractivity contribution in [2.75, 3.05) is 0 Å². The van der Waals surface area contributed by atoms with E-state index in [1.807, 2.05) is 0 Å². The van der Waals surface area contributed by atoms with Gasteiger partial charge in [-0.2, -0.15) is 0 Å². The van der Waals surface area contributed by atoms with E-state index in [0.717, 1.165) is 45.5 Å². The Labute approximate surface area is 318 Å². The molecule has 2 atom stereocenters. The maximum Gasteiger partial charge on any atom is 0.160 e. The first-order valence-corrected chi connectivity index (χ1v) is 19.6. The van der Waals surface area contributed by atoms with Crippen LogP contribution in [0.25, 0.3) is 99.6 Å². The Balaban J connectivity index is 0.899. The molecule has 2 aromatic heterocycles. The lowest BCUT2D eigenvalue weighted by atomic mass is 9.79. The summed E-state index contributed by atoms with van der Waals surface area (Å²) in [6.07, 6.45) is 6.19. The summed E-state index contributed by atoms with van der Waals surface area (Å²) in [6.45, 7) is 4.82. The molecule has 0 amide bonds. The molecule has 0 N–H and O–H groups in total. The molecule has 1 fully saturated rings. The summed E-state index contributed by atoms with van der Waals surface area (Å²) in [5.41, 5.74) is 18.9. The van der Waals surface area contributed by atoms with Crippen molar-refractivity contribution in [3.8, 4) is 50.6 Å². The summed E-state index contributed by atoms with van der Waals surface area (Å²) in [6, 6.07) is 51.5. The lowest BCUT2D eigenvalue weighted by molar-refractivity contribution is 0.651. The smallest absolute Gasteiger partial charge is 0.160 e. The van der Waals surface area contributed by atoms with Crippen LogP contribution in [-0.4, -0.2) is 14.5 Å². The van der Waals surface area contributed by atoms with Gasteiger partial charge in [0.05, 0.1) is 22.2 Å². The van der Waals surface area contributed by atoms with Crippen LogP contribution >= 0.6 is 0 Å². The van der Waals surface area contributed by atoms with E-state index in [-0.39, 0.29) is 5.41 Å². The van der Waals surface area contributed by atoms with Crippen molar-refractivity contribution in [1.82, 2.24) is 14.5 Å². The van der Waals surface area contributed by atoms with Crippen LogP contribution in [0, 0.1) is 11.8 Å². The molecule has 4 aliphatic rings. The molecule has 0 spiro atoms. The van der Waals surface area contributed by atoms with Gasteiger partial charge in [-0.05, 0) is 122 Å². The van der Waals surface area contributed by atoms with Gasteiger partial charge in [0.2, 0.25) is 0 Å². The van der Waals surface area contributed by atoms with Crippen molar-refractivity contribution in [2.24, 2.45) is 11.8 Å². The number of aromatic nitrogens is 3. The van der Waals surface area contributed by atoms with Gasteiger partial charge < -0.3 is 4.57 Å². The van der Waals surface area contributed by atoms with Gasteiger partial charge in [0.1, 0.15) is 0 Å². The maximum absolute atomic E-state index is 5.17. The molecule has 4 aliphatic carbocycles. The topological polar surface area (TPSA) is 30.7 Å². The molecule has 0 radical (unpaired) electrons. The number of allylic oxidation sites excluding steroid dienone is 4. The van der Waals surface area contributed by atoms with Gasteiger partial charge in [-0.1, -0.05) is 117 Å². The van der Waals surface area contributed by atoms with Crippen LogP contribution in [0.1, 0.15) is 31.4 Å². The Morgan fingerprint density at radius 1 is 0.600 bits per heavy atom. The van der Waals surface area contributed by atoms with E-state index >= 15 is 0 Å². The van der Waals surface area contributed by atoms with Crippen molar-refractivity contribution in [3.63, 3.8) is 0 Å². The quantitative estimate of drug-likeness (QED) is 0.184. The zero-order chi connectivity index (χ0) is 36.2. The van der Waals surface area contributed by atoms with E-state index < -0.39 is 0 Å². The fourth-order valence-corrected chi connectivity index (χ4v) is 10.4. The predicted octanol–water partition coefficient (Wildman–Crippen LogP) is 13.1. The largest absolute Gasteiger partial charge is 0.309 e. The van der Waals surface area contributed by atoms with E-state index in [9.17, 15) is 0 Å². The number of hydrogen-bond donors (Lipinski definition) is 0. The van der Waals surface area contributed by atoms with Crippen LogP contribution in [0.3, 0.4) is 0 Å². The Bertz CT molecular complexity index is 3280. The van der Waals surface area contributed by atoms with Crippen molar-refractivity contribution in [3.05, 3.63) is 168 Å². The van der Waals surface area contributed by atoms with Crippen LogP contribution in [-0.2, 0) is 5.41 Å². The first-order chi connectivity index (χ1) is 27.0. The molecular formula is C52H35N3. The van der Waals surface area contributed by atoms with E-state index in [1.54, 1.807) is 5.57 Å². The summed E-state index contributed by atoms with van der Waals surface area (Å²) in [7, 11) is 0. The minimum atomic E-state index is 0.0248. The van der Waals surface area contributed by atoms with Crippen LogP contribution in [0.15, 0.2) is 157 Å². The zero-order valence-corrected chi connectivity index (χ0v) is 30.6. The summed E-state index contributed by atoms with van der Waals surface area (Å²) in [5, 5.41) is 6.05. The standard InChI is InChI=1S/C52H35N3/c1-52(2)43-22-18-33-27-41(33)48(43)40-21-17-32(28-44(40)52)31-19-23-47-42(26-31)37-9-5-6-13-46(37)55(47)35-20-16-29-24-34(15-14-30(29)25-35)51-53-45-12-7-11-38-36-8-3-4-10-39(36)50(54-51)49(38)45/h3-26,28,33,41H,27H2,1-2H3. The van der Waals surface area contributed by atoms with Gasteiger partial charge >= 0.3 is 0 Å². The Morgan fingerprint density at radius 3 is 2.31 bits per heavy atom.